The summed E-state index contributed by atoms with van der Waals surface area (Å²) in [6.45, 7) is 2.17. The Bertz CT molecular complexity index is 1760. The third-order valence-electron chi connectivity index (χ3n) is 8.05. The Morgan fingerprint density at radius 3 is 2.49 bits per heavy atom. The number of benzene rings is 2. The Morgan fingerprint density at radius 1 is 1.00 bits per heavy atom. The van der Waals surface area contributed by atoms with E-state index in [2.05, 4.69) is 31.4 Å². The molecule has 9 heteroatoms. The fourth-order valence-electron chi connectivity index (χ4n) is 5.90. The second kappa shape index (κ2) is 8.92. The first-order valence-corrected chi connectivity index (χ1v) is 13.0. The van der Waals surface area contributed by atoms with Gasteiger partial charge < -0.3 is 20.9 Å². The molecular weight excluding hydrogens is 490 g/mol. The molecule has 0 atom stereocenters. The predicted molar refractivity (Wildman–Crippen MR) is 151 cm³/mol. The quantitative estimate of drug-likeness (QED) is 0.324. The number of carbonyl (C=O) groups is 1. The van der Waals surface area contributed by atoms with Gasteiger partial charge in [-0.05, 0) is 60.2 Å². The molecule has 9 nitrogen and oxygen atoms in total. The van der Waals surface area contributed by atoms with Gasteiger partial charge in [0.2, 0.25) is 0 Å². The van der Waals surface area contributed by atoms with E-state index in [0.29, 0.717) is 28.6 Å². The van der Waals surface area contributed by atoms with Crippen LogP contribution in [0.4, 0.5) is 11.5 Å². The summed E-state index contributed by atoms with van der Waals surface area (Å²) in [6, 6.07) is 20.4. The summed E-state index contributed by atoms with van der Waals surface area (Å²) in [6.07, 6.45) is 7.56. The van der Waals surface area contributed by atoms with Crippen molar-refractivity contribution in [2.24, 2.45) is 5.41 Å². The van der Waals surface area contributed by atoms with Crippen LogP contribution in [0.1, 0.15) is 29.2 Å². The minimum absolute atomic E-state index is 0.0679. The van der Waals surface area contributed by atoms with E-state index < -0.39 is 5.91 Å². The summed E-state index contributed by atoms with van der Waals surface area (Å²) in [7, 11) is 0. The van der Waals surface area contributed by atoms with Crippen LogP contribution in [0.25, 0.3) is 27.8 Å². The van der Waals surface area contributed by atoms with Crippen molar-refractivity contribution in [3.05, 3.63) is 101 Å². The van der Waals surface area contributed by atoms with Gasteiger partial charge in [-0.1, -0.05) is 30.3 Å². The Morgan fingerprint density at radius 2 is 1.77 bits per heavy atom. The van der Waals surface area contributed by atoms with Gasteiger partial charge >= 0.3 is 0 Å². The van der Waals surface area contributed by atoms with Crippen molar-refractivity contribution in [1.82, 2.24) is 24.4 Å². The van der Waals surface area contributed by atoms with Crippen LogP contribution < -0.4 is 21.9 Å². The van der Waals surface area contributed by atoms with Crippen LogP contribution in [0.15, 0.2) is 90.2 Å². The molecule has 0 unspecified atom stereocenters. The average molecular weight is 518 g/mol. The van der Waals surface area contributed by atoms with Crippen LogP contribution in [-0.2, 0) is 0 Å². The van der Waals surface area contributed by atoms with Crippen molar-refractivity contribution in [1.29, 1.82) is 0 Å². The van der Waals surface area contributed by atoms with E-state index in [0.717, 1.165) is 48.1 Å². The second-order valence-corrected chi connectivity index (χ2v) is 10.5. The fourth-order valence-corrected chi connectivity index (χ4v) is 5.90. The number of rotatable bonds is 5. The maximum Gasteiger partial charge on any atom is 0.267 e. The van der Waals surface area contributed by atoms with Gasteiger partial charge in [-0.25, -0.2) is 9.97 Å². The number of nitrogen functional groups attached to an aromatic ring is 1. The Balaban J connectivity index is 1.15. The van der Waals surface area contributed by atoms with Crippen LogP contribution in [0.5, 0.6) is 0 Å². The molecule has 4 heterocycles. The largest absolute Gasteiger partial charge is 0.383 e. The molecule has 4 N–H and O–H groups in total. The maximum absolute atomic E-state index is 13.0. The van der Waals surface area contributed by atoms with Crippen molar-refractivity contribution in [2.75, 3.05) is 24.1 Å². The Labute approximate surface area is 224 Å². The summed E-state index contributed by atoms with van der Waals surface area (Å²) in [4.78, 5) is 34.9. The zero-order valence-corrected chi connectivity index (χ0v) is 21.2. The lowest BCUT2D eigenvalue weighted by molar-refractivity contribution is 0.00922. The monoisotopic (exact) mass is 517 g/mol. The molecule has 1 aliphatic carbocycles. The standard InChI is InChI=1S/C30H27N7O2/c31-26-25-24(15-37(27(25)34-18-33-26)22-13-30(14-22)16-32-17-30)19-8-10-20(11-9-19)35-28(38)23-7-4-12-36(29(23)39)21-5-2-1-3-6-21/h1-12,15,18,22,32H,13-14,16-17H2,(H,35,38)(H2,31,33,34). The van der Waals surface area contributed by atoms with E-state index in [-0.39, 0.29) is 11.1 Å². The minimum Gasteiger partial charge on any atom is -0.383 e. The number of carbonyl (C=O) groups excluding carboxylic acids is 1. The molecule has 2 aromatic carbocycles. The first kappa shape index (κ1) is 23.4. The minimum atomic E-state index is -0.461. The molecule has 0 bridgehead atoms. The van der Waals surface area contributed by atoms with Crippen LogP contribution in [0.3, 0.4) is 0 Å². The summed E-state index contributed by atoms with van der Waals surface area (Å²) in [5, 5.41) is 7.09. The van der Waals surface area contributed by atoms with Crippen LogP contribution in [-0.4, -0.2) is 38.1 Å². The van der Waals surface area contributed by atoms with Gasteiger partial charge in [0.25, 0.3) is 11.5 Å². The van der Waals surface area contributed by atoms with E-state index in [1.54, 1.807) is 12.3 Å². The van der Waals surface area contributed by atoms with Gasteiger partial charge in [0, 0.05) is 48.5 Å². The van der Waals surface area contributed by atoms with E-state index in [9.17, 15) is 9.59 Å². The van der Waals surface area contributed by atoms with Crippen molar-refractivity contribution in [3.63, 3.8) is 0 Å². The molecule has 3 aromatic heterocycles. The smallest absolute Gasteiger partial charge is 0.267 e. The summed E-state index contributed by atoms with van der Waals surface area (Å²) < 4.78 is 3.71. The van der Waals surface area contributed by atoms with E-state index in [1.165, 1.54) is 17.0 Å². The molecule has 1 amide bonds. The van der Waals surface area contributed by atoms with Crippen molar-refractivity contribution in [3.8, 4) is 16.8 Å². The fraction of sp³-hybridized carbons (Fsp3) is 0.200. The Kier molecular flexibility index (Phi) is 5.34. The number of nitrogens with one attached hydrogen (secondary N) is 2. The van der Waals surface area contributed by atoms with Gasteiger partial charge in [0.05, 0.1) is 5.39 Å². The van der Waals surface area contributed by atoms with Crippen molar-refractivity contribution < 1.29 is 4.79 Å². The van der Waals surface area contributed by atoms with Gasteiger partial charge in [-0.15, -0.1) is 0 Å². The Hall–Kier alpha value is -4.76. The SMILES string of the molecule is Nc1ncnc2c1c(-c1ccc(NC(=O)c3cccn(-c4ccccc4)c3=O)cc1)cn2C1CC2(CNC2)C1. The second-order valence-electron chi connectivity index (χ2n) is 10.5. The molecule has 1 spiro atoms. The first-order chi connectivity index (χ1) is 19.0. The van der Waals surface area contributed by atoms with Crippen molar-refractivity contribution >= 4 is 28.4 Å². The van der Waals surface area contributed by atoms with Crippen LogP contribution in [0, 0.1) is 5.41 Å². The molecule has 2 fully saturated rings. The molecule has 194 valence electrons. The van der Waals surface area contributed by atoms with E-state index >= 15 is 0 Å². The zero-order valence-electron chi connectivity index (χ0n) is 21.2. The highest BCUT2D eigenvalue weighted by Crippen LogP contribution is 2.52. The molecule has 1 aliphatic heterocycles. The average Bonchev–Trinajstić information content (AvgIpc) is 3.29. The normalized spacial score (nSPS) is 16.1. The number of para-hydroxylation sites is 1. The van der Waals surface area contributed by atoms with Gasteiger partial charge in [0.15, 0.2) is 0 Å². The number of anilines is 2. The predicted octanol–water partition coefficient (Wildman–Crippen LogP) is 4.01. The topological polar surface area (TPSA) is 120 Å². The highest BCUT2D eigenvalue weighted by atomic mass is 16.2. The van der Waals surface area contributed by atoms with Crippen LogP contribution in [0.2, 0.25) is 0 Å². The maximum atomic E-state index is 13.0. The van der Waals surface area contributed by atoms with Gasteiger partial charge in [0.1, 0.15) is 23.4 Å². The lowest BCUT2D eigenvalue weighted by Crippen LogP contribution is -2.60. The number of fused-ring (bicyclic) bond motifs is 1. The first-order valence-electron chi connectivity index (χ1n) is 13.0. The molecule has 5 aromatic rings. The molecule has 0 radical (unpaired) electrons. The summed E-state index contributed by atoms with van der Waals surface area (Å²) in [5.74, 6) is -0.0130. The lowest BCUT2D eigenvalue weighted by atomic mass is 9.61. The number of pyridine rings is 1. The molecule has 39 heavy (non-hydrogen) atoms. The highest BCUT2D eigenvalue weighted by Gasteiger charge is 2.49. The summed E-state index contributed by atoms with van der Waals surface area (Å²) >= 11 is 0. The van der Waals surface area contributed by atoms with Crippen molar-refractivity contribution in [2.45, 2.75) is 18.9 Å². The highest BCUT2D eigenvalue weighted by molar-refractivity contribution is 6.04. The summed E-state index contributed by atoms with van der Waals surface area (Å²) in [5.41, 5.74) is 10.5. The van der Waals surface area contributed by atoms with E-state index in [4.69, 9.17) is 5.73 Å². The van der Waals surface area contributed by atoms with Gasteiger partial charge in [-0.2, -0.15) is 0 Å². The molecule has 2 aliphatic rings. The van der Waals surface area contributed by atoms with Gasteiger partial charge in [-0.3, -0.25) is 14.2 Å². The molecule has 1 saturated carbocycles. The number of hydrogen-bond acceptors (Lipinski definition) is 6. The van der Waals surface area contributed by atoms with Crippen LogP contribution >= 0.6 is 0 Å². The molecular formula is C30H27N7O2. The zero-order chi connectivity index (χ0) is 26.6. The number of nitrogens with zero attached hydrogens (tertiary/aromatic N) is 4. The lowest BCUT2D eigenvalue weighted by Gasteiger charge is -2.54. The number of nitrogens with two attached hydrogens (primary N) is 1. The van der Waals surface area contributed by atoms with E-state index in [1.807, 2.05) is 54.6 Å². The number of amides is 1. The third kappa shape index (κ3) is 3.90. The number of hydrogen-bond donors (Lipinski definition) is 3. The number of aromatic nitrogens is 4. The third-order valence-corrected chi connectivity index (χ3v) is 8.05. The molecule has 1 saturated heterocycles. The molecule has 7 rings (SSSR count).